The van der Waals surface area contributed by atoms with E-state index in [1.54, 1.807) is 24.3 Å². The molecule has 0 radical (unpaired) electrons. The third-order valence-corrected chi connectivity index (χ3v) is 4.26. The standard InChI is InChI=1S/C20H13NO7/c1-11(22)26-20-16-10-15(12-6-8-13(9-7-12)21(24)25)19(23)28-18(16)14-4-2-3-5-17(14)27-20/h2-10,20H,1H3. The second-order valence-corrected chi connectivity index (χ2v) is 6.09. The molecule has 0 saturated carbocycles. The maximum atomic E-state index is 12.6. The van der Waals surface area contributed by atoms with Crippen molar-refractivity contribution in [1.29, 1.82) is 0 Å². The van der Waals surface area contributed by atoms with Crippen LogP contribution in [0.5, 0.6) is 5.75 Å². The zero-order valence-corrected chi connectivity index (χ0v) is 14.6. The summed E-state index contributed by atoms with van der Waals surface area (Å²) in [5, 5.41) is 10.8. The van der Waals surface area contributed by atoms with E-state index in [0.717, 1.165) is 0 Å². The Hall–Kier alpha value is -3.94. The number of hydrogen-bond donors (Lipinski definition) is 0. The second-order valence-electron chi connectivity index (χ2n) is 6.09. The van der Waals surface area contributed by atoms with Crippen molar-refractivity contribution in [3.8, 4) is 28.2 Å². The van der Waals surface area contributed by atoms with Crippen molar-refractivity contribution < 1.29 is 23.6 Å². The van der Waals surface area contributed by atoms with Gasteiger partial charge in [0.25, 0.3) is 12.0 Å². The summed E-state index contributed by atoms with van der Waals surface area (Å²) in [6.45, 7) is 1.25. The molecule has 0 spiro atoms. The number of fused-ring (bicyclic) bond motifs is 3. The smallest absolute Gasteiger partial charge is 0.344 e. The highest BCUT2D eigenvalue weighted by Gasteiger charge is 2.31. The van der Waals surface area contributed by atoms with E-state index < -0.39 is 22.8 Å². The Balaban J connectivity index is 1.88. The quantitative estimate of drug-likeness (QED) is 0.386. The molecule has 1 aliphatic rings. The van der Waals surface area contributed by atoms with Crippen LogP contribution >= 0.6 is 0 Å². The minimum atomic E-state index is -1.08. The molecule has 1 aliphatic heterocycles. The number of nitro groups is 1. The lowest BCUT2D eigenvalue weighted by molar-refractivity contribution is -0.384. The van der Waals surface area contributed by atoms with Gasteiger partial charge in [-0.3, -0.25) is 14.9 Å². The van der Waals surface area contributed by atoms with Gasteiger partial charge in [-0.05, 0) is 35.9 Å². The lowest BCUT2D eigenvalue weighted by atomic mass is 9.99. The van der Waals surface area contributed by atoms with E-state index in [0.29, 0.717) is 22.4 Å². The molecule has 1 unspecified atom stereocenters. The van der Waals surface area contributed by atoms with Crippen molar-refractivity contribution in [3.05, 3.63) is 80.7 Å². The van der Waals surface area contributed by atoms with E-state index in [1.807, 2.05) is 0 Å². The van der Waals surface area contributed by atoms with Crippen LogP contribution in [0, 0.1) is 10.1 Å². The number of ether oxygens (including phenoxy) is 2. The van der Waals surface area contributed by atoms with Crippen molar-refractivity contribution in [3.63, 3.8) is 0 Å². The molecule has 140 valence electrons. The summed E-state index contributed by atoms with van der Waals surface area (Å²) in [5.41, 5.74) is 0.832. The second kappa shape index (κ2) is 6.66. The molecule has 3 aromatic rings. The van der Waals surface area contributed by atoms with Crippen LogP contribution in [0.25, 0.3) is 22.5 Å². The Morgan fingerprint density at radius 1 is 1.11 bits per heavy atom. The van der Waals surface area contributed by atoms with Crippen LogP contribution in [-0.4, -0.2) is 10.9 Å². The first-order valence-electron chi connectivity index (χ1n) is 8.30. The Kier molecular flexibility index (Phi) is 4.15. The Bertz CT molecular complexity index is 1150. The highest BCUT2D eigenvalue weighted by molar-refractivity contribution is 5.75. The van der Waals surface area contributed by atoms with Gasteiger partial charge in [0.15, 0.2) is 5.76 Å². The van der Waals surface area contributed by atoms with Crippen LogP contribution < -0.4 is 10.4 Å². The van der Waals surface area contributed by atoms with Gasteiger partial charge < -0.3 is 13.9 Å². The fraction of sp³-hybridized carbons (Fsp3) is 0.100. The zero-order chi connectivity index (χ0) is 19.8. The monoisotopic (exact) mass is 379 g/mol. The molecule has 0 aliphatic carbocycles. The Labute approximate surface area is 158 Å². The van der Waals surface area contributed by atoms with Crippen LogP contribution in [0.1, 0.15) is 18.8 Å². The number of nitrogens with zero attached hydrogens (tertiary/aromatic N) is 1. The van der Waals surface area contributed by atoms with E-state index in [9.17, 15) is 19.7 Å². The number of non-ortho nitro benzene ring substituents is 1. The summed E-state index contributed by atoms with van der Waals surface area (Å²) >= 11 is 0. The third-order valence-electron chi connectivity index (χ3n) is 4.26. The third kappa shape index (κ3) is 3.01. The van der Waals surface area contributed by atoms with Gasteiger partial charge in [-0.15, -0.1) is 0 Å². The van der Waals surface area contributed by atoms with E-state index in [4.69, 9.17) is 13.9 Å². The fourth-order valence-electron chi connectivity index (χ4n) is 3.01. The van der Waals surface area contributed by atoms with Crippen LogP contribution in [-0.2, 0) is 9.53 Å². The molecular weight excluding hydrogens is 366 g/mol. The molecule has 28 heavy (non-hydrogen) atoms. The summed E-state index contributed by atoms with van der Waals surface area (Å²) < 4.78 is 16.5. The minimum Gasteiger partial charge on any atom is -0.450 e. The van der Waals surface area contributed by atoms with Crippen LogP contribution in [0.4, 0.5) is 5.69 Å². The molecule has 2 aromatic carbocycles. The number of para-hydroxylation sites is 1. The van der Waals surface area contributed by atoms with Gasteiger partial charge in [-0.25, -0.2) is 4.79 Å². The highest BCUT2D eigenvalue weighted by atomic mass is 16.7. The van der Waals surface area contributed by atoms with Gasteiger partial charge in [-0.1, -0.05) is 12.1 Å². The largest absolute Gasteiger partial charge is 0.450 e. The summed E-state index contributed by atoms with van der Waals surface area (Å²) in [5.74, 6) is 0.120. The first-order valence-corrected chi connectivity index (χ1v) is 8.30. The minimum absolute atomic E-state index is 0.0962. The predicted molar refractivity (Wildman–Crippen MR) is 97.6 cm³/mol. The number of benzene rings is 2. The van der Waals surface area contributed by atoms with Crippen molar-refractivity contribution in [2.75, 3.05) is 0 Å². The van der Waals surface area contributed by atoms with Gasteiger partial charge in [0.2, 0.25) is 0 Å². The number of nitro benzene ring substituents is 1. The number of esters is 1. The maximum absolute atomic E-state index is 12.6. The normalized spacial score (nSPS) is 14.4. The average molecular weight is 379 g/mol. The number of carbonyl (C=O) groups is 1. The van der Waals surface area contributed by atoms with Gasteiger partial charge in [0, 0.05) is 19.1 Å². The van der Waals surface area contributed by atoms with Crippen molar-refractivity contribution in [2.24, 2.45) is 0 Å². The zero-order valence-electron chi connectivity index (χ0n) is 14.6. The van der Waals surface area contributed by atoms with E-state index >= 15 is 0 Å². The van der Waals surface area contributed by atoms with Gasteiger partial charge in [0.05, 0.1) is 21.6 Å². The molecule has 2 heterocycles. The highest BCUT2D eigenvalue weighted by Crippen LogP contribution is 2.43. The topological polar surface area (TPSA) is 109 Å². The van der Waals surface area contributed by atoms with Crippen molar-refractivity contribution >= 4 is 11.7 Å². The summed E-state index contributed by atoms with van der Waals surface area (Å²) in [6.07, 6.45) is -1.08. The molecule has 8 nitrogen and oxygen atoms in total. The molecule has 0 fully saturated rings. The maximum Gasteiger partial charge on any atom is 0.344 e. The molecule has 0 bridgehead atoms. The molecule has 1 aromatic heterocycles. The van der Waals surface area contributed by atoms with E-state index in [1.165, 1.54) is 37.3 Å². The average Bonchev–Trinajstić information content (AvgIpc) is 2.67. The first kappa shape index (κ1) is 17.5. The summed E-state index contributed by atoms with van der Waals surface area (Å²) in [4.78, 5) is 34.4. The van der Waals surface area contributed by atoms with Gasteiger partial charge in [-0.2, -0.15) is 0 Å². The lowest BCUT2D eigenvalue weighted by Crippen LogP contribution is -2.21. The Morgan fingerprint density at radius 3 is 2.50 bits per heavy atom. The number of carbonyl (C=O) groups excluding carboxylic acids is 1. The summed E-state index contributed by atoms with van der Waals surface area (Å²) in [7, 11) is 0. The number of hydrogen-bond acceptors (Lipinski definition) is 7. The van der Waals surface area contributed by atoms with Gasteiger partial charge in [0.1, 0.15) is 5.75 Å². The van der Waals surface area contributed by atoms with E-state index in [2.05, 4.69) is 0 Å². The fourth-order valence-corrected chi connectivity index (χ4v) is 3.01. The molecule has 0 N–H and O–H groups in total. The van der Waals surface area contributed by atoms with Crippen LogP contribution in [0.2, 0.25) is 0 Å². The molecule has 4 rings (SSSR count). The van der Waals surface area contributed by atoms with Gasteiger partial charge >= 0.3 is 11.6 Å². The van der Waals surface area contributed by atoms with E-state index in [-0.39, 0.29) is 17.0 Å². The molecule has 1 atom stereocenters. The predicted octanol–water partition coefficient (Wildman–Crippen LogP) is 3.84. The number of rotatable bonds is 3. The van der Waals surface area contributed by atoms with Crippen LogP contribution in [0.15, 0.2) is 63.8 Å². The lowest BCUT2D eigenvalue weighted by Gasteiger charge is -2.26. The first-order chi connectivity index (χ1) is 13.4. The van der Waals surface area contributed by atoms with Crippen molar-refractivity contribution in [1.82, 2.24) is 0 Å². The van der Waals surface area contributed by atoms with Crippen molar-refractivity contribution in [2.45, 2.75) is 13.2 Å². The molecule has 0 saturated heterocycles. The SMILES string of the molecule is CC(=O)OC1Oc2ccccc2-c2oc(=O)c(-c3ccc([N+](=O)[O-])cc3)cc21. The Morgan fingerprint density at radius 2 is 1.82 bits per heavy atom. The molecular formula is C20H13NO7. The molecule has 0 amide bonds. The van der Waals surface area contributed by atoms with Crippen LogP contribution in [0.3, 0.4) is 0 Å². The molecule has 8 heteroatoms. The summed E-state index contributed by atoms with van der Waals surface area (Å²) in [6, 6.07) is 13.9.